The van der Waals surface area contributed by atoms with E-state index in [1.54, 1.807) is 0 Å². The molecule has 3 N–H and O–H groups in total. The molecule has 3 rings (SSSR count). The number of anilines is 2. The molecule has 0 atom stereocenters. The fraction of sp³-hybridized carbons (Fsp3) is 0.333. The average molecular weight is 324 g/mol. The fourth-order valence-corrected chi connectivity index (χ4v) is 2.74. The second-order valence-electron chi connectivity index (χ2n) is 5.97. The van der Waals surface area contributed by atoms with Crippen molar-refractivity contribution in [2.24, 2.45) is 10.7 Å². The summed E-state index contributed by atoms with van der Waals surface area (Å²) in [6.45, 7) is 4.60. The van der Waals surface area contributed by atoms with Gasteiger partial charge in [0.15, 0.2) is 5.96 Å². The van der Waals surface area contributed by atoms with E-state index >= 15 is 0 Å². The zero-order chi connectivity index (χ0) is 16.8. The van der Waals surface area contributed by atoms with Gasteiger partial charge in [-0.05, 0) is 25.2 Å². The van der Waals surface area contributed by atoms with Crippen molar-refractivity contribution in [3.05, 3.63) is 54.2 Å². The van der Waals surface area contributed by atoms with E-state index in [9.17, 15) is 0 Å². The number of guanidine groups is 1. The number of piperazine rings is 1. The topological polar surface area (TPSA) is 69.8 Å². The number of hydrogen-bond donors (Lipinski definition) is 2. The highest BCUT2D eigenvalue weighted by Crippen LogP contribution is 2.19. The van der Waals surface area contributed by atoms with Gasteiger partial charge in [-0.1, -0.05) is 24.3 Å². The Hall–Kier alpha value is -2.60. The summed E-state index contributed by atoms with van der Waals surface area (Å²) in [5, 5.41) is 3.10. The maximum absolute atomic E-state index is 6.00. The maximum atomic E-state index is 6.00. The molecule has 1 aliphatic rings. The number of rotatable bonds is 4. The van der Waals surface area contributed by atoms with Crippen LogP contribution in [0.5, 0.6) is 0 Å². The summed E-state index contributed by atoms with van der Waals surface area (Å²) >= 11 is 0. The largest absolute Gasteiger partial charge is 0.370 e. The van der Waals surface area contributed by atoms with Crippen molar-refractivity contribution >= 4 is 17.5 Å². The summed E-state index contributed by atoms with van der Waals surface area (Å²) in [7, 11) is 2.15. The first kappa shape index (κ1) is 16.3. The molecule has 1 fully saturated rings. The van der Waals surface area contributed by atoms with Crippen LogP contribution in [0.15, 0.2) is 53.7 Å². The second-order valence-corrected chi connectivity index (χ2v) is 5.97. The lowest BCUT2D eigenvalue weighted by atomic mass is 10.2. The van der Waals surface area contributed by atoms with Crippen molar-refractivity contribution in [3.8, 4) is 0 Å². The van der Waals surface area contributed by atoms with Crippen LogP contribution < -0.4 is 16.0 Å². The van der Waals surface area contributed by atoms with Gasteiger partial charge in [0, 0.05) is 43.6 Å². The summed E-state index contributed by atoms with van der Waals surface area (Å²) in [5.41, 5.74) is 8.03. The molecular formula is C18H24N6. The Morgan fingerprint density at radius 2 is 1.88 bits per heavy atom. The minimum atomic E-state index is 0.411. The van der Waals surface area contributed by atoms with Gasteiger partial charge in [-0.15, -0.1) is 0 Å². The minimum Gasteiger partial charge on any atom is -0.370 e. The highest BCUT2D eigenvalue weighted by molar-refractivity contribution is 5.92. The smallest absolute Gasteiger partial charge is 0.193 e. The number of hydrogen-bond acceptors (Lipinski definition) is 4. The van der Waals surface area contributed by atoms with Gasteiger partial charge in [0.2, 0.25) is 0 Å². The first-order chi connectivity index (χ1) is 11.7. The standard InChI is InChI=1S/C18H24N6/c1-23-10-12-24(13-11-23)17-15(6-5-9-20-17)14-21-18(19)22-16-7-3-2-4-8-16/h2-9H,10-14H2,1H3,(H3,19,21,22). The van der Waals surface area contributed by atoms with E-state index in [-0.39, 0.29) is 0 Å². The van der Waals surface area contributed by atoms with Crippen LogP contribution in [-0.2, 0) is 6.54 Å². The monoisotopic (exact) mass is 324 g/mol. The molecule has 6 heteroatoms. The van der Waals surface area contributed by atoms with Gasteiger partial charge in [-0.2, -0.15) is 0 Å². The Balaban J connectivity index is 1.68. The fourth-order valence-electron chi connectivity index (χ4n) is 2.74. The lowest BCUT2D eigenvalue weighted by Gasteiger charge is -2.34. The van der Waals surface area contributed by atoms with Crippen molar-refractivity contribution in [1.82, 2.24) is 9.88 Å². The molecule has 2 heterocycles. The third-order valence-electron chi connectivity index (χ3n) is 4.14. The Morgan fingerprint density at radius 1 is 1.12 bits per heavy atom. The third-order valence-corrected chi connectivity index (χ3v) is 4.14. The van der Waals surface area contributed by atoms with E-state index in [0.29, 0.717) is 12.5 Å². The molecule has 0 amide bonds. The number of nitrogens with zero attached hydrogens (tertiary/aromatic N) is 4. The van der Waals surface area contributed by atoms with Gasteiger partial charge in [-0.3, -0.25) is 0 Å². The normalized spacial score (nSPS) is 16.2. The SMILES string of the molecule is CN1CCN(c2ncccc2CN=C(N)Nc2ccccc2)CC1. The van der Waals surface area contributed by atoms with Crippen molar-refractivity contribution in [2.75, 3.05) is 43.4 Å². The zero-order valence-corrected chi connectivity index (χ0v) is 14.0. The Bertz CT molecular complexity index is 677. The number of aromatic nitrogens is 1. The van der Waals surface area contributed by atoms with Gasteiger partial charge in [0.25, 0.3) is 0 Å². The summed E-state index contributed by atoms with van der Waals surface area (Å²) < 4.78 is 0. The molecule has 126 valence electrons. The van der Waals surface area contributed by atoms with E-state index in [0.717, 1.165) is 43.2 Å². The molecule has 1 aromatic carbocycles. The number of benzene rings is 1. The van der Waals surface area contributed by atoms with Crippen LogP contribution in [0.1, 0.15) is 5.56 Å². The van der Waals surface area contributed by atoms with E-state index in [1.165, 1.54) is 0 Å². The Morgan fingerprint density at radius 3 is 2.62 bits per heavy atom. The van der Waals surface area contributed by atoms with Crippen LogP contribution in [0.2, 0.25) is 0 Å². The summed E-state index contributed by atoms with van der Waals surface area (Å²) in [6.07, 6.45) is 1.84. The predicted octanol–water partition coefficient (Wildman–Crippen LogP) is 1.76. The molecule has 0 saturated carbocycles. The molecule has 2 aromatic rings. The molecule has 0 unspecified atom stereocenters. The molecule has 1 aliphatic heterocycles. The Kier molecular flexibility index (Phi) is 5.28. The molecule has 1 aromatic heterocycles. The van der Waals surface area contributed by atoms with E-state index < -0.39 is 0 Å². The molecule has 0 radical (unpaired) electrons. The minimum absolute atomic E-state index is 0.411. The molecule has 24 heavy (non-hydrogen) atoms. The average Bonchev–Trinajstić information content (AvgIpc) is 2.62. The van der Waals surface area contributed by atoms with Crippen molar-refractivity contribution in [3.63, 3.8) is 0 Å². The summed E-state index contributed by atoms with van der Waals surface area (Å²) in [4.78, 5) is 13.7. The van der Waals surface area contributed by atoms with Gasteiger partial charge >= 0.3 is 0 Å². The van der Waals surface area contributed by atoms with Crippen molar-refractivity contribution in [2.45, 2.75) is 6.54 Å². The second kappa shape index (κ2) is 7.79. The van der Waals surface area contributed by atoms with E-state index in [4.69, 9.17) is 5.73 Å². The number of aliphatic imine (C=N–C) groups is 1. The van der Waals surface area contributed by atoms with E-state index in [1.807, 2.05) is 42.6 Å². The van der Waals surface area contributed by atoms with Gasteiger partial charge < -0.3 is 20.9 Å². The molecular weight excluding hydrogens is 300 g/mol. The number of likely N-dealkylation sites (N-methyl/N-ethyl adjacent to an activating group) is 1. The van der Waals surface area contributed by atoms with Gasteiger partial charge in [0.05, 0.1) is 6.54 Å². The highest BCUT2D eigenvalue weighted by atomic mass is 15.3. The van der Waals surface area contributed by atoms with Crippen LogP contribution in [0.3, 0.4) is 0 Å². The predicted molar refractivity (Wildman–Crippen MR) is 99.3 cm³/mol. The first-order valence-electron chi connectivity index (χ1n) is 8.22. The first-order valence-corrected chi connectivity index (χ1v) is 8.22. The van der Waals surface area contributed by atoms with Crippen molar-refractivity contribution in [1.29, 1.82) is 0 Å². The number of nitrogens with one attached hydrogen (secondary N) is 1. The lowest BCUT2D eigenvalue weighted by molar-refractivity contribution is 0.312. The number of para-hydroxylation sites is 1. The third kappa shape index (κ3) is 4.23. The van der Waals surface area contributed by atoms with Crippen LogP contribution >= 0.6 is 0 Å². The number of pyridine rings is 1. The molecule has 1 saturated heterocycles. The van der Waals surface area contributed by atoms with Crippen LogP contribution in [0, 0.1) is 0 Å². The van der Waals surface area contributed by atoms with Crippen LogP contribution in [-0.4, -0.2) is 49.1 Å². The van der Waals surface area contributed by atoms with E-state index in [2.05, 4.69) is 38.2 Å². The van der Waals surface area contributed by atoms with Crippen LogP contribution in [0.25, 0.3) is 0 Å². The summed E-state index contributed by atoms with van der Waals surface area (Å²) in [6, 6.07) is 13.8. The molecule has 0 bridgehead atoms. The van der Waals surface area contributed by atoms with Gasteiger partial charge in [0.1, 0.15) is 5.82 Å². The lowest BCUT2D eigenvalue weighted by Crippen LogP contribution is -2.45. The molecule has 0 spiro atoms. The van der Waals surface area contributed by atoms with Gasteiger partial charge in [-0.25, -0.2) is 9.98 Å². The number of nitrogens with two attached hydrogens (primary N) is 1. The molecule has 0 aliphatic carbocycles. The maximum Gasteiger partial charge on any atom is 0.193 e. The van der Waals surface area contributed by atoms with Crippen molar-refractivity contribution < 1.29 is 0 Å². The van der Waals surface area contributed by atoms with Crippen LogP contribution in [0.4, 0.5) is 11.5 Å². The highest BCUT2D eigenvalue weighted by Gasteiger charge is 2.17. The molecule has 6 nitrogen and oxygen atoms in total. The zero-order valence-electron chi connectivity index (χ0n) is 14.0. The Labute approximate surface area is 143 Å². The summed E-state index contributed by atoms with van der Waals surface area (Å²) in [5.74, 6) is 1.43. The quantitative estimate of drug-likeness (QED) is 0.662.